The number of carbonyl (C=O) groups excluding carboxylic acids is 1. The van der Waals surface area contributed by atoms with Crippen LogP contribution >= 0.6 is 0 Å². The second-order valence-electron chi connectivity index (χ2n) is 6.80. The van der Waals surface area contributed by atoms with Gasteiger partial charge < -0.3 is 10.1 Å². The molecule has 138 valence electrons. The zero-order valence-corrected chi connectivity index (χ0v) is 15.2. The average Bonchev–Trinajstić information content (AvgIpc) is 3.03. The van der Waals surface area contributed by atoms with Gasteiger partial charge in [0.05, 0.1) is 30.2 Å². The number of hydrogen-bond acceptors (Lipinski definition) is 5. The molecule has 25 heavy (non-hydrogen) atoms. The summed E-state index contributed by atoms with van der Waals surface area (Å²) in [5.41, 5.74) is 1.04. The zero-order valence-electron chi connectivity index (χ0n) is 14.4. The molecule has 0 radical (unpaired) electrons. The van der Waals surface area contributed by atoms with Crippen LogP contribution in [0.5, 0.6) is 0 Å². The van der Waals surface area contributed by atoms with Crippen molar-refractivity contribution in [2.24, 2.45) is 5.14 Å². The first-order chi connectivity index (χ1) is 11.9. The summed E-state index contributed by atoms with van der Waals surface area (Å²) in [5.74, 6) is -0.291. The Bertz CT molecular complexity index is 744. The van der Waals surface area contributed by atoms with Crippen molar-refractivity contribution in [2.45, 2.75) is 43.2 Å². The Labute approximate surface area is 148 Å². The highest BCUT2D eigenvalue weighted by atomic mass is 32.2. The molecule has 0 bridgehead atoms. The number of nitrogens with zero attached hydrogens (tertiary/aromatic N) is 1. The number of rotatable bonds is 4. The Morgan fingerprint density at radius 1 is 1.24 bits per heavy atom. The van der Waals surface area contributed by atoms with Gasteiger partial charge in [0.2, 0.25) is 10.0 Å². The van der Waals surface area contributed by atoms with Crippen molar-refractivity contribution < 1.29 is 17.9 Å². The summed E-state index contributed by atoms with van der Waals surface area (Å²) >= 11 is 0. The first kappa shape index (κ1) is 18.3. The number of ether oxygens (including phenoxy) is 1. The largest absolute Gasteiger partial charge is 0.378 e. The van der Waals surface area contributed by atoms with E-state index in [4.69, 9.17) is 9.88 Å². The van der Waals surface area contributed by atoms with E-state index >= 15 is 0 Å². The minimum atomic E-state index is -3.84. The van der Waals surface area contributed by atoms with E-state index in [2.05, 4.69) is 10.2 Å². The molecule has 1 aromatic rings. The Morgan fingerprint density at radius 2 is 1.96 bits per heavy atom. The number of sulfonamides is 1. The molecule has 1 aromatic carbocycles. The first-order valence-electron chi connectivity index (χ1n) is 8.62. The summed E-state index contributed by atoms with van der Waals surface area (Å²) < 4.78 is 28.7. The van der Waals surface area contributed by atoms with Crippen molar-refractivity contribution in [1.82, 2.24) is 10.2 Å². The number of aryl methyl sites for hydroxylation is 1. The third kappa shape index (κ3) is 4.20. The standard InChI is InChI=1S/C17H25N3O4S/c1-12-5-6-13(25(18,22)23)9-14(12)17(21)19-15-10-24-11-16(15)20-7-3-2-4-8-20/h5-6,9,15-16H,2-4,7-8,10-11H2,1H3,(H,19,21)(H2,18,22,23)/t15-,16-/m1/s1. The molecule has 7 nitrogen and oxygen atoms in total. The fraction of sp³-hybridized carbons (Fsp3) is 0.588. The van der Waals surface area contributed by atoms with E-state index < -0.39 is 10.0 Å². The van der Waals surface area contributed by atoms with Crippen molar-refractivity contribution in [1.29, 1.82) is 0 Å². The number of benzene rings is 1. The van der Waals surface area contributed by atoms with Crippen LogP contribution in [0.1, 0.15) is 35.2 Å². The Morgan fingerprint density at radius 3 is 2.64 bits per heavy atom. The lowest BCUT2D eigenvalue weighted by Gasteiger charge is -2.34. The normalized spacial score (nSPS) is 25.0. The summed E-state index contributed by atoms with van der Waals surface area (Å²) in [7, 11) is -3.84. The minimum absolute atomic E-state index is 0.0569. The number of nitrogens with one attached hydrogen (secondary N) is 1. The molecule has 0 spiro atoms. The molecule has 3 N–H and O–H groups in total. The van der Waals surface area contributed by atoms with Crippen LogP contribution in [0.25, 0.3) is 0 Å². The second-order valence-corrected chi connectivity index (χ2v) is 8.36. The zero-order chi connectivity index (χ0) is 18.0. The fourth-order valence-corrected chi connectivity index (χ4v) is 4.10. The summed E-state index contributed by atoms with van der Waals surface area (Å²) in [6.45, 7) is 4.91. The fourth-order valence-electron chi connectivity index (χ4n) is 3.56. The molecule has 0 aliphatic carbocycles. The number of primary sulfonamides is 1. The maximum atomic E-state index is 12.7. The van der Waals surface area contributed by atoms with Gasteiger partial charge in [-0.25, -0.2) is 13.6 Å². The number of piperidine rings is 1. The molecule has 2 saturated heterocycles. The van der Waals surface area contributed by atoms with E-state index in [1.165, 1.54) is 31.4 Å². The smallest absolute Gasteiger partial charge is 0.251 e. The van der Waals surface area contributed by atoms with E-state index in [1.54, 1.807) is 13.0 Å². The molecular weight excluding hydrogens is 342 g/mol. The van der Waals surface area contributed by atoms with Crippen molar-refractivity contribution in [2.75, 3.05) is 26.3 Å². The van der Waals surface area contributed by atoms with Crippen LogP contribution in [-0.4, -0.2) is 57.6 Å². The quantitative estimate of drug-likeness (QED) is 0.813. The Kier molecular flexibility index (Phi) is 5.43. The maximum Gasteiger partial charge on any atom is 0.251 e. The van der Waals surface area contributed by atoms with Crippen molar-refractivity contribution >= 4 is 15.9 Å². The van der Waals surface area contributed by atoms with Gasteiger partial charge in [0.1, 0.15) is 0 Å². The van der Waals surface area contributed by atoms with E-state index in [0.29, 0.717) is 24.3 Å². The van der Waals surface area contributed by atoms with Crippen LogP contribution in [0.2, 0.25) is 0 Å². The molecule has 2 fully saturated rings. The van der Waals surface area contributed by atoms with E-state index in [-0.39, 0.29) is 22.9 Å². The first-order valence-corrected chi connectivity index (χ1v) is 10.2. The lowest BCUT2D eigenvalue weighted by atomic mass is 10.0. The molecule has 2 heterocycles. The number of amides is 1. The third-order valence-electron chi connectivity index (χ3n) is 5.01. The van der Waals surface area contributed by atoms with Crippen LogP contribution in [-0.2, 0) is 14.8 Å². The summed E-state index contributed by atoms with van der Waals surface area (Å²) in [4.78, 5) is 15.0. The molecule has 0 unspecified atom stereocenters. The number of carbonyl (C=O) groups is 1. The monoisotopic (exact) mass is 367 g/mol. The number of likely N-dealkylation sites (tertiary alicyclic amines) is 1. The predicted octanol–water partition coefficient (Wildman–Crippen LogP) is 0.626. The Hall–Kier alpha value is -1.48. The van der Waals surface area contributed by atoms with E-state index in [1.807, 2.05) is 0 Å². The van der Waals surface area contributed by atoms with Gasteiger partial charge in [0.25, 0.3) is 5.91 Å². The Balaban J connectivity index is 1.75. The van der Waals surface area contributed by atoms with Gasteiger partial charge in [-0.1, -0.05) is 12.5 Å². The predicted molar refractivity (Wildman–Crippen MR) is 93.8 cm³/mol. The maximum absolute atomic E-state index is 12.7. The highest BCUT2D eigenvalue weighted by molar-refractivity contribution is 7.89. The topological polar surface area (TPSA) is 102 Å². The number of hydrogen-bond donors (Lipinski definition) is 2. The summed E-state index contributed by atoms with van der Waals surface area (Å²) in [6, 6.07) is 4.43. The molecule has 2 atom stereocenters. The summed E-state index contributed by atoms with van der Waals surface area (Å²) in [6.07, 6.45) is 3.60. The van der Waals surface area contributed by atoms with Gasteiger partial charge in [-0.05, 0) is 50.6 Å². The van der Waals surface area contributed by atoms with Gasteiger partial charge in [-0.2, -0.15) is 0 Å². The molecule has 0 aromatic heterocycles. The van der Waals surface area contributed by atoms with Crippen LogP contribution < -0.4 is 10.5 Å². The van der Waals surface area contributed by atoms with Gasteiger partial charge >= 0.3 is 0 Å². The van der Waals surface area contributed by atoms with Crippen LogP contribution in [0.4, 0.5) is 0 Å². The molecule has 0 saturated carbocycles. The van der Waals surface area contributed by atoms with Gasteiger partial charge in [0, 0.05) is 5.56 Å². The van der Waals surface area contributed by atoms with Gasteiger partial charge in [0.15, 0.2) is 0 Å². The number of nitrogens with two attached hydrogens (primary N) is 1. The van der Waals surface area contributed by atoms with E-state index in [9.17, 15) is 13.2 Å². The highest BCUT2D eigenvalue weighted by Crippen LogP contribution is 2.20. The van der Waals surface area contributed by atoms with Crippen LogP contribution in [0, 0.1) is 6.92 Å². The molecular formula is C17H25N3O4S. The minimum Gasteiger partial charge on any atom is -0.378 e. The van der Waals surface area contributed by atoms with Crippen LogP contribution in [0.15, 0.2) is 23.1 Å². The second kappa shape index (κ2) is 7.41. The van der Waals surface area contributed by atoms with E-state index in [0.717, 1.165) is 13.1 Å². The van der Waals surface area contributed by atoms with Crippen LogP contribution in [0.3, 0.4) is 0 Å². The molecule has 2 aliphatic heterocycles. The van der Waals surface area contributed by atoms with Gasteiger partial charge in [-0.3, -0.25) is 9.69 Å². The van der Waals surface area contributed by atoms with Crippen molar-refractivity contribution in [3.05, 3.63) is 29.3 Å². The SMILES string of the molecule is Cc1ccc(S(N)(=O)=O)cc1C(=O)N[C@@H]1COC[C@H]1N1CCCCC1. The van der Waals surface area contributed by atoms with Crippen molar-refractivity contribution in [3.8, 4) is 0 Å². The van der Waals surface area contributed by atoms with Crippen molar-refractivity contribution in [3.63, 3.8) is 0 Å². The van der Waals surface area contributed by atoms with Gasteiger partial charge in [-0.15, -0.1) is 0 Å². The summed E-state index contributed by atoms with van der Waals surface area (Å²) in [5, 5.41) is 8.19. The molecule has 2 aliphatic rings. The molecule has 3 rings (SSSR count). The lowest BCUT2D eigenvalue weighted by Crippen LogP contribution is -2.52. The highest BCUT2D eigenvalue weighted by Gasteiger charge is 2.35. The molecule has 8 heteroatoms. The lowest BCUT2D eigenvalue weighted by molar-refractivity contribution is 0.0899. The third-order valence-corrected chi connectivity index (χ3v) is 5.92. The average molecular weight is 367 g/mol. The molecule has 1 amide bonds.